The van der Waals surface area contributed by atoms with Crippen molar-refractivity contribution in [3.8, 4) is 6.07 Å². The van der Waals surface area contributed by atoms with E-state index in [1.807, 2.05) is 18.2 Å². The van der Waals surface area contributed by atoms with Gasteiger partial charge in [0, 0.05) is 32.0 Å². The molecule has 88 valence electrons. The number of hydrogen-bond donors (Lipinski definition) is 1. The highest BCUT2D eigenvalue weighted by Gasteiger charge is 2.27. The SMILES string of the molecule is N#CCC1NCCN(Cc2ccncc2)C1=O. The highest BCUT2D eigenvalue weighted by molar-refractivity contribution is 5.82. The van der Waals surface area contributed by atoms with E-state index in [4.69, 9.17) is 5.26 Å². The summed E-state index contributed by atoms with van der Waals surface area (Å²) in [5, 5.41) is 11.7. The molecule has 0 saturated carbocycles. The highest BCUT2D eigenvalue weighted by Crippen LogP contribution is 2.09. The van der Waals surface area contributed by atoms with Gasteiger partial charge >= 0.3 is 0 Å². The van der Waals surface area contributed by atoms with Gasteiger partial charge < -0.3 is 10.2 Å². The summed E-state index contributed by atoms with van der Waals surface area (Å²) in [5.41, 5.74) is 1.06. The largest absolute Gasteiger partial charge is 0.336 e. The minimum absolute atomic E-state index is 0.00890. The molecule has 0 bridgehead atoms. The number of hydrogen-bond acceptors (Lipinski definition) is 4. The molecule has 0 aromatic carbocycles. The molecule has 2 heterocycles. The zero-order valence-corrected chi connectivity index (χ0v) is 9.47. The third-order valence-corrected chi connectivity index (χ3v) is 2.80. The van der Waals surface area contributed by atoms with E-state index in [0.717, 1.165) is 12.1 Å². The number of carbonyl (C=O) groups is 1. The maximum atomic E-state index is 12.0. The molecule has 5 heteroatoms. The van der Waals surface area contributed by atoms with Crippen LogP contribution in [0.1, 0.15) is 12.0 Å². The first-order valence-corrected chi connectivity index (χ1v) is 5.59. The van der Waals surface area contributed by atoms with Gasteiger partial charge in [-0.05, 0) is 17.7 Å². The fourth-order valence-electron chi connectivity index (χ4n) is 1.91. The number of piperazine rings is 1. The van der Waals surface area contributed by atoms with Crippen LogP contribution in [0, 0.1) is 11.3 Å². The second-order valence-corrected chi connectivity index (χ2v) is 3.98. The van der Waals surface area contributed by atoms with Crippen molar-refractivity contribution in [2.45, 2.75) is 19.0 Å². The fraction of sp³-hybridized carbons (Fsp3) is 0.417. The van der Waals surface area contributed by atoms with Crippen molar-refractivity contribution in [3.05, 3.63) is 30.1 Å². The third kappa shape index (κ3) is 2.80. The Balaban J connectivity index is 2.01. The van der Waals surface area contributed by atoms with Gasteiger partial charge in [-0.15, -0.1) is 0 Å². The number of nitrogens with one attached hydrogen (secondary N) is 1. The van der Waals surface area contributed by atoms with Gasteiger partial charge in [-0.25, -0.2) is 0 Å². The summed E-state index contributed by atoms with van der Waals surface area (Å²) in [6.07, 6.45) is 3.66. The molecule has 1 saturated heterocycles. The lowest BCUT2D eigenvalue weighted by atomic mass is 10.1. The molecule has 1 aliphatic rings. The summed E-state index contributed by atoms with van der Waals surface area (Å²) in [6.45, 7) is 2.01. The van der Waals surface area contributed by atoms with E-state index in [1.165, 1.54) is 0 Å². The normalized spacial score (nSPS) is 20.1. The van der Waals surface area contributed by atoms with Crippen molar-refractivity contribution in [2.24, 2.45) is 0 Å². The van der Waals surface area contributed by atoms with Gasteiger partial charge in [0.05, 0.1) is 12.5 Å². The summed E-state index contributed by atoms with van der Waals surface area (Å²) in [5.74, 6) is 0.00890. The van der Waals surface area contributed by atoms with E-state index in [0.29, 0.717) is 13.1 Å². The first-order valence-electron chi connectivity index (χ1n) is 5.59. The molecule has 1 amide bonds. The van der Waals surface area contributed by atoms with Crippen molar-refractivity contribution in [2.75, 3.05) is 13.1 Å². The first kappa shape index (κ1) is 11.6. The Bertz CT molecular complexity index is 426. The highest BCUT2D eigenvalue weighted by atomic mass is 16.2. The number of carbonyl (C=O) groups excluding carboxylic acids is 1. The second-order valence-electron chi connectivity index (χ2n) is 3.98. The molecule has 1 aliphatic heterocycles. The molecule has 1 fully saturated rings. The van der Waals surface area contributed by atoms with Crippen molar-refractivity contribution in [3.63, 3.8) is 0 Å². The lowest BCUT2D eigenvalue weighted by Crippen LogP contribution is -2.54. The van der Waals surface area contributed by atoms with Crippen LogP contribution in [-0.4, -0.2) is 34.9 Å². The quantitative estimate of drug-likeness (QED) is 0.810. The second kappa shape index (κ2) is 5.41. The lowest BCUT2D eigenvalue weighted by Gasteiger charge is -2.32. The van der Waals surface area contributed by atoms with E-state index < -0.39 is 0 Å². The van der Waals surface area contributed by atoms with Crippen LogP contribution in [-0.2, 0) is 11.3 Å². The average molecular weight is 230 g/mol. The van der Waals surface area contributed by atoms with Crippen molar-refractivity contribution in [1.29, 1.82) is 5.26 Å². The van der Waals surface area contributed by atoms with Crippen molar-refractivity contribution < 1.29 is 4.79 Å². The Kier molecular flexibility index (Phi) is 3.68. The van der Waals surface area contributed by atoms with Gasteiger partial charge in [0.2, 0.25) is 5.91 Å². The zero-order chi connectivity index (χ0) is 12.1. The zero-order valence-electron chi connectivity index (χ0n) is 9.47. The topological polar surface area (TPSA) is 69.0 Å². The minimum atomic E-state index is -0.351. The average Bonchev–Trinajstić information content (AvgIpc) is 2.36. The fourth-order valence-corrected chi connectivity index (χ4v) is 1.91. The van der Waals surface area contributed by atoms with Crippen LogP contribution < -0.4 is 5.32 Å². The Morgan fingerprint density at radius 1 is 1.53 bits per heavy atom. The van der Waals surface area contributed by atoms with Gasteiger partial charge in [-0.2, -0.15) is 5.26 Å². The van der Waals surface area contributed by atoms with Crippen LogP contribution in [0.15, 0.2) is 24.5 Å². The molecular weight excluding hydrogens is 216 g/mol. The Morgan fingerprint density at radius 3 is 3.00 bits per heavy atom. The maximum Gasteiger partial charge on any atom is 0.241 e. The minimum Gasteiger partial charge on any atom is -0.336 e. The summed E-state index contributed by atoms with van der Waals surface area (Å²) in [6, 6.07) is 5.48. The first-order chi connectivity index (χ1) is 8.31. The van der Waals surface area contributed by atoms with Crippen molar-refractivity contribution >= 4 is 5.91 Å². The molecule has 17 heavy (non-hydrogen) atoms. The van der Waals surface area contributed by atoms with Gasteiger partial charge in [0.15, 0.2) is 0 Å². The molecule has 5 nitrogen and oxygen atoms in total. The van der Waals surface area contributed by atoms with E-state index in [2.05, 4.69) is 10.3 Å². The van der Waals surface area contributed by atoms with Crippen LogP contribution in [0.25, 0.3) is 0 Å². The lowest BCUT2D eigenvalue weighted by molar-refractivity contribution is -0.136. The predicted octanol–water partition coefficient (Wildman–Crippen LogP) is 0.296. The summed E-state index contributed by atoms with van der Waals surface area (Å²) >= 11 is 0. The predicted molar refractivity (Wildman–Crippen MR) is 61.7 cm³/mol. The molecule has 2 rings (SSSR count). The maximum absolute atomic E-state index is 12.0. The summed E-state index contributed by atoms with van der Waals surface area (Å²) in [7, 11) is 0. The molecule has 0 radical (unpaired) electrons. The molecule has 1 N–H and O–H groups in total. The number of nitrogens with zero attached hydrogens (tertiary/aromatic N) is 3. The monoisotopic (exact) mass is 230 g/mol. The summed E-state index contributed by atoms with van der Waals surface area (Å²) in [4.78, 5) is 17.7. The van der Waals surface area contributed by atoms with E-state index >= 15 is 0 Å². The Morgan fingerprint density at radius 2 is 2.29 bits per heavy atom. The van der Waals surface area contributed by atoms with Crippen LogP contribution >= 0.6 is 0 Å². The van der Waals surface area contributed by atoms with Gasteiger partial charge in [0.25, 0.3) is 0 Å². The molecular formula is C12H14N4O. The number of pyridine rings is 1. The van der Waals surface area contributed by atoms with E-state index in [9.17, 15) is 4.79 Å². The molecule has 1 unspecified atom stereocenters. The van der Waals surface area contributed by atoms with Crippen LogP contribution in [0.5, 0.6) is 0 Å². The van der Waals surface area contributed by atoms with Gasteiger partial charge in [-0.1, -0.05) is 0 Å². The number of aromatic nitrogens is 1. The van der Waals surface area contributed by atoms with Crippen LogP contribution in [0.4, 0.5) is 0 Å². The Labute approximate surface area is 100 Å². The smallest absolute Gasteiger partial charge is 0.241 e. The number of amides is 1. The van der Waals surface area contributed by atoms with Gasteiger partial charge in [0.1, 0.15) is 6.04 Å². The standard InChI is InChI=1S/C12H14N4O/c13-4-1-11-12(17)16(8-7-15-11)9-10-2-5-14-6-3-10/h2-3,5-6,11,15H,1,7-9H2. The van der Waals surface area contributed by atoms with E-state index in [-0.39, 0.29) is 18.4 Å². The molecule has 0 spiro atoms. The molecule has 0 aliphatic carbocycles. The van der Waals surface area contributed by atoms with Crippen LogP contribution in [0.2, 0.25) is 0 Å². The number of rotatable bonds is 3. The van der Waals surface area contributed by atoms with Crippen molar-refractivity contribution in [1.82, 2.24) is 15.2 Å². The molecule has 1 aromatic heterocycles. The van der Waals surface area contributed by atoms with Gasteiger partial charge in [-0.3, -0.25) is 9.78 Å². The molecule has 1 aromatic rings. The molecule has 1 atom stereocenters. The summed E-state index contributed by atoms with van der Waals surface area (Å²) < 4.78 is 0. The Hall–Kier alpha value is -1.93. The number of nitriles is 1. The van der Waals surface area contributed by atoms with E-state index in [1.54, 1.807) is 17.3 Å². The third-order valence-electron chi connectivity index (χ3n) is 2.80. The van der Waals surface area contributed by atoms with Crippen LogP contribution in [0.3, 0.4) is 0 Å².